The average molecular weight is 375 g/mol. The Morgan fingerprint density at radius 2 is 1.58 bits per heavy atom. The van der Waals surface area contributed by atoms with Crippen molar-refractivity contribution in [2.45, 2.75) is 32.9 Å². The van der Waals surface area contributed by atoms with Gasteiger partial charge in [-0.15, -0.1) is 0 Å². The zero-order valence-electron chi connectivity index (χ0n) is 15.9. The number of nitrogens with zero attached hydrogens (tertiary/aromatic N) is 1. The molecule has 0 spiro atoms. The fourth-order valence-electron chi connectivity index (χ4n) is 2.37. The Morgan fingerprint density at radius 1 is 1.04 bits per heavy atom. The molecule has 1 N–H and O–H groups in total. The molecule has 0 bridgehead atoms. The molecule has 26 heavy (non-hydrogen) atoms. The normalized spacial score (nSPS) is 11.3. The summed E-state index contributed by atoms with van der Waals surface area (Å²) in [4.78, 5) is 13.5. The lowest BCUT2D eigenvalue weighted by molar-refractivity contribution is 0.0300. The zero-order valence-corrected chi connectivity index (χ0v) is 16.6. The molecule has 5 heteroatoms. The number of likely N-dealkylation sites (N-methyl/N-ethyl adjacent to an activating group) is 1. The van der Waals surface area contributed by atoms with E-state index in [1.165, 1.54) is 5.56 Å². The van der Waals surface area contributed by atoms with E-state index in [0.29, 0.717) is 13.1 Å². The summed E-state index contributed by atoms with van der Waals surface area (Å²) in [6.45, 7) is 7.65. The summed E-state index contributed by atoms with van der Waals surface area (Å²) in [6.07, 6.45) is -0.299. The molecule has 0 aliphatic heterocycles. The van der Waals surface area contributed by atoms with Crippen LogP contribution in [0.3, 0.4) is 0 Å². The number of halogens is 1. The van der Waals surface area contributed by atoms with Crippen LogP contribution in [0.25, 0.3) is 11.1 Å². The van der Waals surface area contributed by atoms with Crippen LogP contribution < -0.4 is 5.32 Å². The number of carbonyl (C=O) groups is 1. The van der Waals surface area contributed by atoms with Crippen molar-refractivity contribution in [2.24, 2.45) is 0 Å². The first-order valence-electron chi connectivity index (χ1n) is 8.74. The summed E-state index contributed by atoms with van der Waals surface area (Å²) in [5.74, 6) is 0. The number of amides is 1. The zero-order chi connectivity index (χ0) is 19.2. The lowest BCUT2D eigenvalue weighted by Gasteiger charge is -2.24. The Kier molecular flexibility index (Phi) is 7.06. The van der Waals surface area contributed by atoms with Gasteiger partial charge in [-0.25, -0.2) is 4.79 Å². The van der Waals surface area contributed by atoms with Crippen LogP contribution in [0.4, 0.5) is 4.79 Å². The van der Waals surface area contributed by atoms with Crippen LogP contribution in [0.5, 0.6) is 0 Å². The lowest BCUT2D eigenvalue weighted by Crippen LogP contribution is -2.37. The molecular weight excluding hydrogens is 348 g/mol. The number of hydrogen-bond donors (Lipinski definition) is 1. The number of benzene rings is 2. The maximum Gasteiger partial charge on any atom is 0.410 e. The molecular formula is C21H27ClN2O2. The number of carbonyl (C=O) groups excluding carboxylic acids is 1. The molecule has 2 aromatic rings. The van der Waals surface area contributed by atoms with Gasteiger partial charge in [0.05, 0.1) is 0 Å². The second kappa shape index (κ2) is 9.06. The van der Waals surface area contributed by atoms with Crippen molar-refractivity contribution < 1.29 is 9.53 Å². The van der Waals surface area contributed by atoms with Crippen molar-refractivity contribution >= 4 is 17.7 Å². The van der Waals surface area contributed by atoms with Gasteiger partial charge in [-0.1, -0.05) is 48.0 Å². The summed E-state index contributed by atoms with van der Waals surface area (Å²) in [7, 11) is 1.75. The van der Waals surface area contributed by atoms with Gasteiger partial charge in [-0.3, -0.25) is 0 Å². The molecule has 0 saturated carbocycles. The SMILES string of the molecule is CN(CCNCc1ccc(-c2ccc(Cl)cc2)cc1)C(=O)OC(C)(C)C. The van der Waals surface area contributed by atoms with Gasteiger partial charge in [0.2, 0.25) is 0 Å². The van der Waals surface area contributed by atoms with Crippen LogP contribution in [0, 0.1) is 0 Å². The first-order valence-corrected chi connectivity index (χ1v) is 9.12. The van der Waals surface area contributed by atoms with Gasteiger partial charge in [-0.05, 0) is 49.6 Å². The predicted octanol–water partition coefficient (Wildman–Crippen LogP) is 4.96. The quantitative estimate of drug-likeness (QED) is 0.726. The number of ether oxygens (including phenoxy) is 1. The fourth-order valence-corrected chi connectivity index (χ4v) is 2.49. The summed E-state index contributed by atoms with van der Waals surface area (Å²) < 4.78 is 5.33. The first-order chi connectivity index (χ1) is 12.2. The molecule has 0 fully saturated rings. The van der Waals surface area contributed by atoms with E-state index in [1.807, 2.05) is 45.0 Å². The highest BCUT2D eigenvalue weighted by molar-refractivity contribution is 6.30. The smallest absolute Gasteiger partial charge is 0.410 e. The second-order valence-corrected chi connectivity index (χ2v) is 7.72. The Balaban J connectivity index is 1.76. The maximum absolute atomic E-state index is 11.9. The van der Waals surface area contributed by atoms with E-state index in [-0.39, 0.29) is 6.09 Å². The monoisotopic (exact) mass is 374 g/mol. The van der Waals surface area contributed by atoms with E-state index in [1.54, 1.807) is 11.9 Å². The van der Waals surface area contributed by atoms with Gasteiger partial charge in [-0.2, -0.15) is 0 Å². The van der Waals surface area contributed by atoms with Crippen LogP contribution in [0.15, 0.2) is 48.5 Å². The highest BCUT2D eigenvalue weighted by Crippen LogP contribution is 2.21. The van der Waals surface area contributed by atoms with Crippen molar-refractivity contribution in [1.82, 2.24) is 10.2 Å². The van der Waals surface area contributed by atoms with Crippen LogP contribution in [0.1, 0.15) is 26.3 Å². The highest BCUT2D eigenvalue weighted by atomic mass is 35.5. The third-order valence-electron chi connectivity index (χ3n) is 3.79. The van der Waals surface area contributed by atoms with E-state index in [0.717, 1.165) is 22.7 Å². The van der Waals surface area contributed by atoms with Crippen molar-refractivity contribution in [3.8, 4) is 11.1 Å². The molecule has 0 radical (unpaired) electrons. The molecule has 0 aliphatic rings. The van der Waals surface area contributed by atoms with Gasteiger partial charge in [0.1, 0.15) is 5.60 Å². The molecule has 2 aromatic carbocycles. The Labute approximate surface area is 161 Å². The molecule has 0 saturated heterocycles. The molecule has 2 rings (SSSR count). The summed E-state index contributed by atoms with van der Waals surface area (Å²) >= 11 is 5.93. The summed E-state index contributed by atoms with van der Waals surface area (Å²) in [5.41, 5.74) is 3.04. The molecule has 4 nitrogen and oxygen atoms in total. The predicted molar refractivity (Wildman–Crippen MR) is 107 cm³/mol. The number of nitrogens with one attached hydrogen (secondary N) is 1. The topological polar surface area (TPSA) is 41.6 Å². The molecule has 0 aliphatic carbocycles. The molecule has 0 heterocycles. The average Bonchev–Trinajstić information content (AvgIpc) is 2.58. The fraction of sp³-hybridized carbons (Fsp3) is 0.381. The van der Waals surface area contributed by atoms with Crippen LogP contribution in [-0.2, 0) is 11.3 Å². The van der Waals surface area contributed by atoms with E-state index in [9.17, 15) is 4.79 Å². The first kappa shape index (κ1) is 20.3. The van der Waals surface area contributed by atoms with Gasteiger partial charge < -0.3 is 15.0 Å². The van der Waals surface area contributed by atoms with Crippen LogP contribution >= 0.6 is 11.6 Å². The summed E-state index contributed by atoms with van der Waals surface area (Å²) in [5, 5.41) is 4.09. The van der Waals surface area contributed by atoms with E-state index >= 15 is 0 Å². The lowest BCUT2D eigenvalue weighted by atomic mass is 10.0. The largest absolute Gasteiger partial charge is 0.444 e. The standard InChI is InChI=1S/C21H27ClN2O2/c1-21(2,3)26-20(25)24(4)14-13-23-15-16-5-7-17(8-6-16)18-9-11-19(22)12-10-18/h5-12,23H,13-15H2,1-4H3. The highest BCUT2D eigenvalue weighted by Gasteiger charge is 2.18. The number of hydrogen-bond acceptors (Lipinski definition) is 3. The third kappa shape index (κ3) is 6.70. The van der Waals surface area contributed by atoms with Crippen LogP contribution in [-0.4, -0.2) is 36.7 Å². The van der Waals surface area contributed by atoms with E-state index < -0.39 is 5.60 Å². The van der Waals surface area contributed by atoms with Gasteiger partial charge in [0.15, 0.2) is 0 Å². The van der Waals surface area contributed by atoms with Crippen molar-refractivity contribution in [3.05, 3.63) is 59.1 Å². The Morgan fingerprint density at radius 3 is 2.12 bits per heavy atom. The second-order valence-electron chi connectivity index (χ2n) is 7.28. The van der Waals surface area contributed by atoms with Gasteiger partial charge >= 0.3 is 6.09 Å². The van der Waals surface area contributed by atoms with Gasteiger partial charge in [0, 0.05) is 31.7 Å². The Bertz CT molecular complexity index is 706. The third-order valence-corrected chi connectivity index (χ3v) is 4.04. The minimum atomic E-state index is -0.468. The van der Waals surface area contributed by atoms with Crippen molar-refractivity contribution in [2.75, 3.05) is 20.1 Å². The van der Waals surface area contributed by atoms with E-state index in [2.05, 4.69) is 29.6 Å². The van der Waals surface area contributed by atoms with Gasteiger partial charge in [0.25, 0.3) is 0 Å². The molecule has 140 valence electrons. The Hall–Kier alpha value is -2.04. The van der Waals surface area contributed by atoms with Crippen molar-refractivity contribution in [3.63, 3.8) is 0 Å². The minimum Gasteiger partial charge on any atom is -0.444 e. The van der Waals surface area contributed by atoms with Crippen molar-refractivity contribution in [1.29, 1.82) is 0 Å². The minimum absolute atomic E-state index is 0.299. The molecule has 0 aromatic heterocycles. The molecule has 0 atom stereocenters. The summed E-state index contributed by atoms with van der Waals surface area (Å²) in [6, 6.07) is 16.2. The van der Waals surface area contributed by atoms with Crippen LogP contribution in [0.2, 0.25) is 5.02 Å². The number of rotatable bonds is 6. The maximum atomic E-state index is 11.9. The molecule has 1 amide bonds. The van der Waals surface area contributed by atoms with E-state index in [4.69, 9.17) is 16.3 Å². The molecule has 0 unspecified atom stereocenters.